The third kappa shape index (κ3) is 3.54. The van der Waals surface area contributed by atoms with Gasteiger partial charge >= 0.3 is 0 Å². The largest absolute Gasteiger partial charge is 0.375 e. The highest BCUT2D eigenvalue weighted by atomic mass is 32.1. The van der Waals surface area contributed by atoms with Gasteiger partial charge in [-0.25, -0.2) is 4.98 Å². The van der Waals surface area contributed by atoms with E-state index in [0.717, 1.165) is 40.7 Å². The molecule has 3 aromatic rings. The third-order valence-electron chi connectivity index (χ3n) is 3.88. The molecule has 0 spiro atoms. The van der Waals surface area contributed by atoms with Crippen molar-refractivity contribution in [2.45, 2.75) is 26.7 Å². The number of amides is 1. The number of nitrogens with one attached hydrogen (secondary N) is 1. The molecule has 1 amide bonds. The summed E-state index contributed by atoms with van der Waals surface area (Å²) in [7, 11) is 0. The number of anilines is 1. The van der Waals surface area contributed by atoms with Crippen LogP contribution in [0.2, 0.25) is 0 Å². The lowest BCUT2D eigenvalue weighted by Crippen LogP contribution is -2.25. The van der Waals surface area contributed by atoms with Gasteiger partial charge in [0.15, 0.2) is 5.13 Å². The van der Waals surface area contributed by atoms with E-state index in [4.69, 9.17) is 5.73 Å². The molecule has 0 aliphatic heterocycles. The second-order valence-corrected chi connectivity index (χ2v) is 6.71. The van der Waals surface area contributed by atoms with Gasteiger partial charge in [-0.2, -0.15) is 0 Å². The summed E-state index contributed by atoms with van der Waals surface area (Å²) in [6, 6.07) is 7.76. The van der Waals surface area contributed by atoms with Crippen molar-refractivity contribution in [3.8, 4) is 0 Å². The standard InChI is InChI=1S/C18H20N4OS/c1-11-5-3-7-14-15(9-12(2)21-16(11)14)17(23)20-8-4-6-13-10-24-18(19)22-13/h3,5,7,9-10H,4,6,8H2,1-2H3,(H2,19,22)(H,20,23). The van der Waals surface area contributed by atoms with Gasteiger partial charge in [0.1, 0.15) is 0 Å². The maximum absolute atomic E-state index is 12.6. The van der Waals surface area contributed by atoms with E-state index in [9.17, 15) is 4.79 Å². The number of aryl methyl sites for hydroxylation is 3. The van der Waals surface area contributed by atoms with Crippen LogP contribution in [0, 0.1) is 13.8 Å². The van der Waals surface area contributed by atoms with Crippen LogP contribution in [0.1, 0.15) is 33.7 Å². The molecule has 5 nitrogen and oxygen atoms in total. The summed E-state index contributed by atoms with van der Waals surface area (Å²) in [6.45, 7) is 4.52. The number of benzene rings is 1. The van der Waals surface area contributed by atoms with Crippen molar-refractivity contribution < 1.29 is 4.79 Å². The van der Waals surface area contributed by atoms with Crippen LogP contribution in [-0.2, 0) is 6.42 Å². The highest BCUT2D eigenvalue weighted by molar-refractivity contribution is 7.13. The first kappa shape index (κ1) is 16.4. The summed E-state index contributed by atoms with van der Waals surface area (Å²) >= 11 is 1.44. The predicted molar refractivity (Wildman–Crippen MR) is 98.4 cm³/mol. The second-order valence-electron chi connectivity index (χ2n) is 5.82. The van der Waals surface area contributed by atoms with Crippen molar-refractivity contribution in [1.29, 1.82) is 0 Å². The zero-order chi connectivity index (χ0) is 17.1. The average Bonchev–Trinajstić information content (AvgIpc) is 2.97. The Morgan fingerprint density at radius 2 is 2.12 bits per heavy atom. The monoisotopic (exact) mass is 340 g/mol. The summed E-state index contributed by atoms with van der Waals surface area (Å²) in [6.07, 6.45) is 1.64. The molecule has 24 heavy (non-hydrogen) atoms. The van der Waals surface area contributed by atoms with E-state index in [2.05, 4.69) is 15.3 Å². The molecule has 3 rings (SSSR count). The fraction of sp³-hybridized carbons (Fsp3) is 0.278. The van der Waals surface area contributed by atoms with E-state index in [1.165, 1.54) is 11.3 Å². The Morgan fingerprint density at radius 1 is 1.29 bits per heavy atom. The number of nitrogens with zero attached hydrogens (tertiary/aromatic N) is 2. The Hall–Kier alpha value is -2.47. The van der Waals surface area contributed by atoms with Gasteiger partial charge in [-0.05, 0) is 38.3 Å². The van der Waals surface area contributed by atoms with Crippen LogP contribution in [-0.4, -0.2) is 22.4 Å². The Kier molecular flexibility index (Phi) is 4.76. The van der Waals surface area contributed by atoms with Gasteiger partial charge in [-0.15, -0.1) is 11.3 Å². The molecule has 0 saturated heterocycles. The molecule has 2 aromatic heterocycles. The van der Waals surface area contributed by atoms with Crippen molar-refractivity contribution in [3.05, 3.63) is 52.2 Å². The number of thiazole rings is 1. The molecule has 3 N–H and O–H groups in total. The lowest BCUT2D eigenvalue weighted by atomic mass is 10.0. The van der Waals surface area contributed by atoms with Crippen molar-refractivity contribution in [3.63, 3.8) is 0 Å². The third-order valence-corrected chi connectivity index (χ3v) is 4.60. The van der Waals surface area contributed by atoms with Crippen LogP contribution in [0.3, 0.4) is 0 Å². The predicted octanol–water partition coefficient (Wildman–Crippen LogP) is 3.25. The average molecular weight is 340 g/mol. The van der Waals surface area contributed by atoms with Gasteiger partial charge in [0.25, 0.3) is 5.91 Å². The maximum Gasteiger partial charge on any atom is 0.252 e. The molecule has 0 aliphatic carbocycles. The van der Waals surface area contributed by atoms with E-state index >= 15 is 0 Å². The number of nitrogen functional groups attached to an aromatic ring is 1. The van der Waals surface area contributed by atoms with Crippen LogP contribution in [0.4, 0.5) is 5.13 Å². The van der Waals surface area contributed by atoms with Crippen molar-refractivity contribution in [2.75, 3.05) is 12.3 Å². The lowest BCUT2D eigenvalue weighted by Gasteiger charge is -2.10. The van der Waals surface area contributed by atoms with Gasteiger partial charge in [0.2, 0.25) is 0 Å². The fourth-order valence-corrected chi connectivity index (χ4v) is 3.31. The van der Waals surface area contributed by atoms with Crippen LogP contribution in [0.5, 0.6) is 0 Å². The Balaban J connectivity index is 1.69. The summed E-state index contributed by atoms with van der Waals surface area (Å²) < 4.78 is 0. The Bertz CT molecular complexity index is 888. The zero-order valence-electron chi connectivity index (χ0n) is 13.8. The number of carbonyl (C=O) groups excluding carboxylic acids is 1. The Morgan fingerprint density at radius 3 is 2.88 bits per heavy atom. The Labute approximate surface area is 144 Å². The first-order chi connectivity index (χ1) is 11.5. The van der Waals surface area contributed by atoms with Gasteiger partial charge < -0.3 is 11.1 Å². The van der Waals surface area contributed by atoms with Crippen LogP contribution >= 0.6 is 11.3 Å². The number of fused-ring (bicyclic) bond motifs is 1. The van der Waals surface area contributed by atoms with Crippen LogP contribution < -0.4 is 11.1 Å². The van der Waals surface area contributed by atoms with Gasteiger partial charge in [-0.3, -0.25) is 9.78 Å². The molecule has 2 heterocycles. The summed E-state index contributed by atoms with van der Waals surface area (Å²) in [5.41, 5.74) is 10.1. The van der Waals surface area contributed by atoms with Crippen molar-refractivity contribution >= 4 is 33.3 Å². The number of hydrogen-bond donors (Lipinski definition) is 2. The molecule has 6 heteroatoms. The van der Waals surface area contributed by atoms with Crippen LogP contribution in [0.15, 0.2) is 29.6 Å². The van der Waals surface area contributed by atoms with Crippen molar-refractivity contribution in [2.24, 2.45) is 0 Å². The second kappa shape index (κ2) is 6.97. The highest BCUT2D eigenvalue weighted by Gasteiger charge is 2.12. The molecule has 0 unspecified atom stereocenters. The number of aromatic nitrogens is 2. The molecule has 0 bridgehead atoms. The number of nitrogens with two attached hydrogens (primary N) is 1. The number of hydrogen-bond acceptors (Lipinski definition) is 5. The SMILES string of the molecule is Cc1cc(C(=O)NCCCc2csc(N)n2)c2cccc(C)c2n1. The first-order valence-corrected chi connectivity index (χ1v) is 8.77. The molecule has 0 atom stereocenters. The normalized spacial score (nSPS) is 10.9. The zero-order valence-corrected chi connectivity index (χ0v) is 14.6. The lowest BCUT2D eigenvalue weighted by molar-refractivity contribution is 0.0954. The minimum Gasteiger partial charge on any atom is -0.375 e. The maximum atomic E-state index is 12.6. The molecule has 1 aromatic carbocycles. The molecular formula is C18H20N4OS. The summed E-state index contributed by atoms with van der Waals surface area (Å²) in [5, 5.41) is 6.43. The van der Waals surface area contributed by atoms with Gasteiger partial charge in [-0.1, -0.05) is 18.2 Å². The van der Waals surface area contributed by atoms with Crippen LogP contribution in [0.25, 0.3) is 10.9 Å². The number of para-hydroxylation sites is 1. The van der Waals surface area contributed by atoms with E-state index in [1.807, 2.05) is 43.5 Å². The topological polar surface area (TPSA) is 80.9 Å². The minimum absolute atomic E-state index is 0.0612. The number of rotatable bonds is 5. The smallest absolute Gasteiger partial charge is 0.252 e. The summed E-state index contributed by atoms with van der Waals surface area (Å²) in [5.74, 6) is -0.0612. The first-order valence-electron chi connectivity index (χ1n) is 7.89. The molecular weight excluding hydrogens is 320 g/mol. The van der Waals surface area contributed by atoms with E-state index < -0.39 is 0 Å². The minimum atomic E-state index is -0.0612. The molecule has 0 aliphatic rings. The number of pyridine rings is 1. The van der Waals surface area contributed by atoms with E-state index in [-0.39, 0.29) is 5.91 Å². The van der Waals surface area contributed by atoms with Gasteiger partial charge in [0, 0.05) is 23.0 Å². The van der Waals surface area contributed by atoms with Gasteiger partial charge in [0.05, 0.1) is 16.8 Å². The van der Waals surface area contributed by atoms with E-state index in [1.54, 1.807) is 0 Å². The van der Waals surface area contributed by atoms with E-state index in [0.29, 0.717) is 17.2 Å². The highest BCUT2D eigenvalue weighted by Crippen LogP contribution is 2.21. The fourth-order valence-electron chi connectivity index (χ4n) is 2.71. The summed E-state index contributed by atoms with van der Waals surface area (Å²) in [4.78, 5) is 21.3. The quantitative estimate of drug-likeness (QED) is 0.699. The number of carbonyl (C=O) groups is 1. The molecule has 124 valence electrons. The molecule has 0 fully saturated rings. The van der Waals surface area contributed by atoms with Crippen molar-refractivity contribution in [1.82, 2.24) is 15.3 Å². The molecule has 0 saturated carbocycles. The molecule has 0 radical (unpaired) electrons.